The molecule has 2 atom stereocenters. The van der Waals surface area contributed by atoms with Crippen LogP contribution in [0.1, 0.15) is 25.1 Å². The second kappa shape index (κ2) is 3.48. The van der Waals surface area contributed by atoms with Crippen molar-refractivity contribution in [2.24, 2.45) is 5.92 Å². The summed E-state index contributed by atoms with van der Waals surface area (Å²) in [6.07, 6.45) is 1.10. The highest BCUT2D eigenvalue weighted by molar-refractivity contribution is 5.59. The number of aromatic hydroxyl groups is 2. The van der Waals surface area contributed by atoms with Crippen molar-refractivity contribution in [2.45, 2.75) is 19.3 Å². The van der Waals surface area contributed by atoms with E-state index in [0.29, 0.717) is 23.3 Å². The Labute approximate surface area is 97.7 Å². The van der Waals surface area contributed by atoms with Crippen LogP contribution in [0.15, 0.2) is 22.7 Å². The lowest BCUT2D eigenvalue weighted by Crippen LogP contribution is -1.84. The van der Waals surface area contributed by atoms with E-state index >= 15 is 0 Å². The summed E-state index contributed by atoms with van der Waals surface area (Å²) >= 11 is 0. The number of hydrogen-bond acceptors (Lipinski definition) is 5. The second-order valence-electron chi connectivity index (χ2n) is 4.48. The van der Waals surface area contributed by atoms with E-state index in [1.165, 1.54) is 12.1 Å². The Morgan fingerprint density at radius 1 is 1.29 bits per heavy atom. The molecule has 5 nitrogen and oxygen atoms in total. The van der Waals surface area contributed by atoms with Crippen molar-refractivity contribution in [2.75, 3.05) is 0 Å². The van der Waals surface area contributed by atoms with Crippen molar-refractivity contribution >= 4 is 0 Å². The van der Waals surface area contributed by atoms with Crippen molar-refractivity contribution < 1.29 is 14.7 Å². The highest BCUT2D eigenvalue weighted by Gasteiger charge is 2.38. The fraction of sp³-hybridized carbons (Fsp3) is 0.333. The van der Waals surface area contributed by atoms with E-state index in [9.17, 15) is 10.2 Å². The van der Waals surface area contributed by atoms with Crippen LogP contribution in [0.4, 0.5) is 0 Å². The van der Waals surface area contributed by atoms with E-state index in [-0.39, 0.29) is 11.5 Å². The van der Waals surface area contributed by atoms with Gasteiger partial charge < -0.3 is 14.7 Å². The topological polar surface area (TPSA) is 79.4 Å². The molecule has 1 saturated carbocycles. The zero-order valence-electron chi connectivity index (χ0n) is 9.29. The summed E-state index contributed by atoms with van der Waals surface area (Å²) in [6, 6.07) is 4.43. The van der Waals surface area contributed by atoms with Gasteiger partial charge in [0.1, 0.15) is 0 Å². The zero-order chi connectivity index (χ0) is 12.0. The molecule has 0 bridgehead atoms. The molecule has 1 aliphatic rings. The molecule has 1 aromatic carbocycles. The van der Waals surface area contributed by atoms with Crippen molar-refractivity contribution in [3.63, 3.8) is 0 Å². The minimum Gasteiger partial charge on any atom is -0.504 e. The Hall–Kier alpha value is -2.04. The van der Waals surface area contributed by atoms with E-state index in [2.05, 4.69) is 17.1 Å². The molecule has 2 N–H and O–H groups in total. The van der Waals surface area contributed by atoms with Gasteiger partial charge in [0.15, 0.2) is 17.3 Å². The van der Waals surface area contributed by atoms with E-state index in [4.69, 9.17) is 4.52 Å². The molecule has 2 aromatic rings. The van der Waals surface area contributed by atoms with Gasteiger partial charge in [0.2, 0.25) is 0 Å². The predicted molar refractivity (Wildman–Crippen MR) is 59.6 cm³/mol. The van der Waals surface area contributed by atoms with Gasteiger partial charge in [0.05, 0.1) is 0 Å². The van der Waals surface area contributed by atoms with E-state index < -0.39 is 0 Å². The molecule has 1 aliphatic carbocycles. The van der Waals surface area contributed by atoms with Gasteiger partial charge in [0.25, 0.3) is 5.89 Å². The summed E-state index contributed by atoms with van der Waals surface area (Å²) in [5.41, 5.74) is 0.604. The SMILES string of the molecule is CC1CC1c1noc(-c2ccc(O)c(O)c2)n1. The minimum atomic E-state index is -0.193. The van der Waals surface area contributed by atoms with Gasteiger partial charge in [-0.15, -0.1) is 0 Å². The first-order valence-corrected chi connectivity index (χ1v) is 5.51. The number of hydrogen-bond donors (Lipinski definition) is 2. The Balaban J connectivity index is 1.92. The number of nitrogens with zero attached hydrogens (tertiary/aromatic N) is 2. The molecule has 88 valence electrons. The smallest absolute Gasteiger partial charge is 0.258 e. The molecule has 5 heteroatoms. The first kappa shape index (κ1) is 10.1. The van der Waals surface area contributed by atoms with Gasteiger partial charge in [-0.2, -0.15) is 4.98 Å². The lowest BCUT2D eigenvalue weighted by molar-refractivity contribution is 0.402. The normalized spacial score (nSPS) is 22.6. The van der Waals surface area contributed by atoms with Crippen LogP contribution >= 0.6 is 0 Å². The van der Waals surface area contributed by atoms with Gasteiger partial charge in [0, 0.05) is 11.5 Å². The molecule has 0 amide bonds. The fourth-order valence-corrected chi connectivity index (χ4v) is 1.84. The van der Waals surface area contributed by atoms with Crippen LogP contribution in [0.25, 0.3) is 11.5 Å². The summed E-state index contributed by atoms with van der Waals surface area (Å²) in [7, 11) is 0. The van der Waals surface area contributed by atoms with Crippen LogP contribution in [0.2, 0.25) is 0 Å². The van der Waals surface area contributed by atoms with Gasteiger partial charge >= 0.3 is 0 Å². The molecule has 2 unspecified atom stereocenters. The maximum Gasteiger partial charge on any atom is 0.258 e. The quantitative estimate of drug-likeness (QED) is 0.776. The summed E-state index contributed by atoms with van der Waals surface area (Å²) in [6.45, 7) is 2.15. The monoisotopic (exact) mass is 232 g/mol. The first-order chi connectivity index (χ1) is 8.15. The number of aromatic nitrogens is 2. The summed E-state index contributed by atoms with van der Waals surface area (Å²) < 4.78 is 5.14. The summed E-state index contributed by atoms with van der Waals surface area (Å²) in [5.74, 6) is 1.76. The molecule has 1 heterocycles. The van der Waals surface area contributed by atoms with E-state index in [1.54, 1.807) is 6.07 Å². The third-order valence-electron chi connectivity index (χ3n) is 3.11. The molecule has 0 spiro atoms. The van der Waals surface area contributed by atoms with Crippen LogP contribution in [-0.2, 0) is 0 Å². The van der Waals surface area contributed by atoms with Crippen molar-refractivity contribution in [1.82, 2.24) is 10.1 Å². The second-order valence-corrected chi connectivity index (χ2v) is 4.48. The maximum atomic E-state index is 9.39. The molecule has 1 fully saturated rings. The third kappa shape index (κ3) is 1.73. The molecule has 3 rings (SSSR count). The number of phenols is 2. The van der Waals surface area contributed by atoms with Gasteiger partial charge in [-0.3, -0.25) is 0 Å². The standard InChI is InChI=1S/C12H12N2O3/c1-6-4-8(6)11-13-12(17-14-11)7-2-3-9(15)10(16)5-7/h2-3,5-6,8,15-16H,4H2,1H3. The molecular weight excluding hydrogens is 220 g/mol. The van der Waals surface area contributed by atoms with Gasteiger partial charge in [-0.1, -0.05) is 12.1 Å². The van der Waals surface area contributed by atoms with Crippen LogP contribution < -0.4 is 0 Å². The van der Waals surface area contributed by atoms with Crippen LogP contribution in [-0.4, -0.2) is 20.4 Å². The average molecular weight is 232 g/mol. The van der Waals surface area contributed by atoms with Crippen LogP contribution in [0.5, 0.6) is 11.5 Å². The Kier molecular flexibility index (Phi) is 2.07. The molecule has 0 saturated heterocycles. The molecule has 17 heavy (non-hydrogen) atoms. The average Bonchev–Trinajstić information content (AvgIpc) is 2.86. The predicted octanol–water partition coefficient (Wildman–Crippen LogP) is 2.27. The summed E-state index contributed by atoms with van der Waals surface area (Å²) in [5, 5.41) is 22.5. The Morgan fingerprint density at radius 3 is 2.71 bits per heavy atom. The molecule has 0 radical (unpaired) electrons. The minimum absolute atomic E-state index is 0.163. The Bertz CT molecular complexity index is 565. The number of benzene rings is 1. The summed E-state index contributed by atoms with van der Waals surface area (Å²) in [4.78, 5) is 4.29. The number of rotatable bonds is 2. The molecular formula is C12H12N2O3. The molecule has 1 aromatic heterocycles. The largest absolute Gasteiger partial charge is 0.504 e. The zero-order valence-corrected chi connectivity index (χ0v) is 9.29. The van der Waals surface area contributed by atoms with Crippen molar-refractivity contribution in [1.29, 1.82) is 0 Å². The van der Waals surface area contributed by atoms with Crippen LogP contribution in [0.3, 0.4) is 0 Å². The lowest BCUT2D eigenvalue weighted by Gasteiger charge is -1.98. The van der Waals surface area contributed by atoms with Crippen molar-refractivity contribution in [3.8, 4) is 23.0 Å². The number of phenolic OH excluding ortho intramolecular Hbond substituents is 2. The van der Waals surface area contributed by atoms with E-state index in [0.717, 1.165) is 12.2 Å². The fourth-order valence-electron chi connectivity index (χ4n) is 1.84. The van der Waals surface area contributed by atoms with Crippen molar-refractivity contribution in [3.05, 3.63) is 24.0 Å². The lowest BCUT2D eigenvalue weighted by atomic mass is 10.2. The van der Waals surface area contributed by atoms with E-state index in [1.807, 2.05) is 0 Å². The van der Waals surface area contributed by atoms with Gasteiger partial charge in [-0.25, -0.2) is 0 Å². The maximum absolute atomic E-state index is 9.39. The van der Waals surface area contributed by atoms with Crippen LogP contribution in [0, 0.1) is 5.92 Å². The Morgan fingerprint density at radius 2 is 2.06 bits per heavy atom. The third-order valence-corrected chi connectivity index (χ3v) is 3.11. The van der Waals surface area contributed by atoms with Gasteiger partial charge in [-0.05, 0) is 30.5 Å². The molecule has 0 aliphatic heterocycles. The highest BCUT2D eigenvalue weighted by atomic mass is 16.5. The highest BCUT2D eigenvalue weighted by Crippen LogP contribution is 2.45. The first-order valence-electron chi connectivity index (χ1n) is 5.51.